The van der Waals surface area contributed by atoms with E-state index in [2.05, 4.69) is 10.6 Å². The highest BCUT2D eigenvalue weighted by Gasteiger charge is 2.19. The molecule has 0 rings (SSSR count). The van der Waals surface area contributed by atoms with Crippen LogP contribution in [0.4, 0.5) is 4.79 Å². The van der Waals surface area contributed by atoms with E-state index in [4.69, 9.17) is 14.9 Å². The highest BCUT2D eigenvalue weighted by atomic mass is 16.5. The van der Waals surface area contributed by atoms with E-state index < -0.39 is 18.1 Å². The lowest BCUT2D eigenvalue weighted by Gasteiger charge is -2.24. The van der Waals surface area contributed by atoms with Gasteiger partial charge in [-0.05, 0) is 11.8 Å². The molecule has 1 atom stereocenters. The normalized spacial score (nSPS) is 12.9. The summed E-state index contributed by atoms with van der Waals surface area (Å²) in [5, 5.41) is 22.3. The summed E-state index contributed by atoms with van der Waals surface area (Å²) in [5.74, 6) is -1.37. The maximum Gasteiger partial charge on any atom is 0.334 e. The van der Waals surface area contributed by atoms with Crippen molar-refractivity contribution in [1.82, 2.24) is 10.6 Å². The van der Waals surface area contributed by atoms with E-state index in [1.807, 2.05) is 13.8 Å². The molecule has 7 heteroatoms. The van der Waals surface area contributed by atoms with Crippen LogP contribution in [0.1, 0.15) is 20.3 Å². The minimum Gasteiger partial charge on any atom is -0.479 e. The molecule has 0 saturated heterocycles. The molecule has 1 unspecified atom stereocenters. The third kappa shape index (κ3) is 7.86. The molecule has 0 aromatic carbocycles. The van der Waals surface area contributed by atoms with Crippen LogP contribution in [0.15, 0.2) is 0 Å². The standard InChI is InChI=1S/C11H22N2O5/c1-11(2,4-5-18-3)7-13-10(17)12-6-8(14)9(15)16/h8,14H,4-7H2,1-3H3,(H,15,16)(H2,12,13,17). The molecule has 7 nitrogen and oxygen atoms in total. The van der Waals surface area contributed by atoms with Gasteiger partial charge in [0.2, 0.25) is 0 Å². The second-order valence-corrected chi connectivity index (χ2v) is 4.82. The van der Waals surface area contributed by atoms with Crippen LogP contribution in [-0.4, -0.2) is 55.1 Å². The molecule has 4 N–H and O–H groups in total. The van der Waals surface area contributed by atoms with E-state index in [0.717, 1.165) is 6.42 Å². The van der Waals surface area contributed by atoms with Crippen molar-refractivity contribution in [3.8, 4) is 0 Å². The Morgan fingerprint density at radius 1 is 1.33 bits per heavy atom. The monoisotopic (exact) mass is 262 g/mol. The van der Waals surface area contributed by atoms with E-state index in [1.165, 1.54) is 0 Å². The summed E-state index contributed by atoms with van der Waals surface area (Å²) in [6.07, 6.45) is -0.793. The summed E-state index contributed by atoms with van der Waals surface area (Å²) in [5.41, 5.74) is -0.112. The zero-order valence-corrected chi connectivity index (χ0v) is 11.0. The van der Waals surface area contributed by atoms with Crippen LogP contribution in [0.3, 0.4) is 0 Å². The number of urea groups is 1. The molecule has 0 aromatic rings. The van der Waals surface area contributed by atoms with Crippen LogP contribution >= 0.6 is 0 Å². The Morgan fingerprint density at radius 3 is 2.44 bits per heavy atom. The van der Waals surface area contributed by atoms with Crippen LogP contribution in [0, 0.1) is 5.41 Å². The molecule has 0 fully saturated rings. The second kappa shape index (κ2) is 7.88. The SMILES string of the molecule is COCCC(C)(C)CNC(=O)NCC(O)C(=O)O. The van der Waals surface area contributed by atoms with E-state index in [0.29, 0.717) is 13.2 Å². The Balaban J connectivity index is 3.85. The zero-order chi connectivity index (χ0) is 14.2. The van der Waals surface area contributed by atoms with Gasteiger partial charge in [-0.2, -0.15) is 0 Å². The highest BCUT2D eigenvalue weighted by molar-refractivity contribution is 5.76. The molecule has 0 aliphatic carbocycles. The number of ether oxygens (including phenoxy) is 1. The van der Waals surface area contributed by atoms with E-state index in [9.17, 15) is 9.59 Å². The Kier molecular flexibility index (Phi) is 7.30. The van der Waals surface area contributed by atoms with Gasteiger partial charge < -0.3 is 25.6 Å². The number of methoxy groups -OCH3 is 1. The fourth-order valence-electron chi connectivity index (χ4n) is 1.13. The largest absolute Gasteiger partial charge is 0.479 e. The predicted octanol–water partition coefficient (Wildman–Crippen LogP) is -0.206. The van der Waals surface area contributed by atoms with Crippen LogP contribution < -0.4 is 10.6 Å². The van der Waals surface area contributed by atoms with Crippen molar-refractivity contribution in [3.63, 3.8) is 0 Å². The first-order valence-electron chi connectivity index (χ1n) is 5.70. The topological polar surface area (TPSA) is 108 Å². The Hall–Kier alpha value is -1.34. The quantitative estimate of drug-likeness (QED) is 0.484. The first-order valence-corrected chi connectivity index (χ1v) is 5.70. The van der Waals surface area contributed by atoms with Gasteiger partial charge in [0.05, 0.1) is 6.54 Å². The molecule has 0 aliphatic rings. The van der Waals surface area contributed by atoms with Gasteiger partial charge in [0.1, 0.15) is 0 Å². The minimum absolute atomic E-state index is 0.112. The number of carboxylic acid groups (broad SMARTS) is 1. The Labute approximate surface area is 107 Å². The van der Waals surface area contributed by atoms with Crippen molar-refractivity contribution in [2.45, 2.75) is 26.4 Å². The van der Waals surface area contributed by atoms with Crippen LogP contribution in [0.5, 0.6) is 0 Å². The van der Waals surface area contributed by atoms with Gasteiger partial charge in [0.25, 0.3) is 0 Å². The predicted molar refractivity (Wildman–Crippen MR) is 65.3 cm³/mol. The van der Waals surface area contributed by atoms with Gasteiger partial charge in [-0.1, -0.05) is 13.8 Å². The van der Waals surface area contributed by atoms with Gasteiger partial charge in [0, 0.05) is 20.3 Å². The lowest BCUT2D eigenvalue weighted by atomic mass is 9.90. The van der Waals surface area contributed by atoms with E-state index in [-0.39, 0.29) is 12.0 Å². The average Bonchev–Trinajstić information content (AvgIpc) is 2.30. The summed E-state index contributed by atoms with van der Waals surface area (Å²) in [6.45, 7) is 4.69. The number of hydrogen-bond acceptors (Lipinski definition) is 4. The van der Waals surface area contributed by atoms with Gasteiger partial charge in [0.15, 0.2) is 6.10 Å². The molecule has 0 radical (unpaired) electrons. The summed E-state index contributed by atoms with van der Waals surface area (Å²) in [7, 11) is 1.61. The van der Waals surface area contributed by atoms with Crippen LogP contribution in [-0.2, 0) is 9.53 Å². The minimum atomic E-state index is -1.59. The van der Waals surface area contributed by atoms with Crippen LogP contribution in [0.2, 0.25) is 0 Å². The average molecular weight is 262 g/mol. The third-order valence-corrected chi connectivity index (χ3v) is 2.45. The first-order chi connectivity index (χ1) is 8.28. The number of carbonyl (C=O) groups is 2. The lowest BCUT2D eigenvalue weighted by Crippen LogP contribution is -2.44. The van der Waals surface area contributed by atoms with Crippen molar-refractivity contribution in [2.24, 2.45) is 5.41 Å². The summed E-state index contributed by atoms with van der Waals surface area (Å²) in [6, 6.07) is -0.499. The molecule has 0 saturated carbocycles. The number of aliphatic hydroxyl groups is 1. The number of amides is 2. The number of aliphatic hydroxyl groups excluding tert-OH is 1. The van der Waals surface area contributed by atoms with Crippen molar-refractivity contribution >= 4 is 12.0 Å². The number of hydrogen-bond donors (Lipinski definition) is 4. The summed E-state index contributed by atoms with van der Waals surface area (Å²) >= 11 is 0. The molecule has 0 spiro atoms. The molecule has 18 heavy (non-hydrogen) atoms. The molecule has 2 amide bonds. The fraction of sp³-hybridized carbons (Fsp3) is 0.818. The van der Waals surface area contributed by atoms with Gasteiger partial charge >= 0.3 is 12.0 Å². The molecule has 0 heterocycles. The zero-order valence-electron chi connectivity index (χ0n) is 11.0. The maximum absolute atomic E-state index is 11.3. The second-order valence-electron chi connectivity index (χ2n) is 4.82. The highest BCUT2D eigenvalue weighted by Crippen LogP contribution is 2.18. The van der Waals surface area contributed by atoms with Gasteiger partial charge in [-0.3, -0.25) is 0 Å². The van der Waals surface area contributed by atoms with E-state index in [1.54, 1.807) is 7.11 Å². The molecular formula is C11H22N2O5. The number of carbonyl (C=O) groups excluding carboxylic acids is 1. The van der Waals surface area contributed by atoms with Crippen molar-refractivity contribution in [2.75, 3.05) is 26.8 Å². The lowest BCUT2D eigenvalue weighted by molar-refractivity contribution is -0.146. The van der Waals surface area contributed by atoms with Crippen molar-refractivity contribution < 1.29 is 24.5 Å². The first kappa shape index (κ1) is 16.7. The Bertz CT molecular complexity index is 281. The van der Waals surface area contributed by atoms with Crippen molar-refractivity contribution in [1.29, 1.82) is 0 Å². The molecule has 0 aromatic heterocycles. The molecule has 0 bridgehead atoms. The van der Waals surface area contributed by atoms with Crippen molar-refractivity contribution in [3.05, 3.63) is 0 Å². The molecule has 106 valence electrons. The maximum atomic E-state index is 11.3. The smallest absolute Gasteiger partial charge is 0.334 e. The van der Waals surface area contributed by atoms with Gasteiger partial charge in [-0.15, -0.1) is 0 Å². The summed E-state index contributed by atoms with van der Waals surface area (Å²) < 4.78 is 4.96. The molecule has 0 aliphatic heterocycles. The third-order valence-electron chi connectivity index (χ3n) is 2.45. The fourth-order valence-corrected chi connectivity index (χ4v) is 1.13. The number of carboxylic acids is 1. The number of rotatable bonds is 8. The molecular weight excluding hydrogens is 240 g/mol. The number of aliphatic carboxylic acids is 1. The number of nitrogens with one attached hydrogen (secondary N) is 2. The van der Waals surface area contributed by atoms with E-state index >= 15 is 0 Å². The summed E-state index contributed by atoms with van der Waals surface area (Å²) in [4.78, 5) is 21.6. The Morgan fingerprint density at radius 2 is 1.94 bits per heavy atom. The van der Waals surface area contributed by atoms with Crippen LogP contribution in [0.25, 0.3) is 0 Å². The van der Waals surface area contributed by atoms with Gasteiger partial charge in [-0.25, -0.2) is 9.59 Å².